The number of nitrogens with zero attached hydrogens (tertiary/aromatic N) is 2. The molecule has 0 amide bonds. The molecule has 0 saturated heterocycles. The van der Waals surface area contributed by atoms with Crippen molar-refractivity contribution in [1.82, 2.24) is 9.78 Å². The third kappa shape index (κ3) is 1.65. The molecule has 0 aliphatic rings. The summed E-state index contributed by atoms with van der Waals surface area (Å²) in [5.41, 5.74) is 4.09. The fourth-order valence-electron chi connectivity index (χ4n) is 2.05. The molecular weight excluding hydrogens is 184 g/mol. The number of rotatable bonds is 2. The van der Waals surface area contributed by atoms with Crippen molar-refractivity contribution in [3.63, 3.8) is 0 Å². The lowest BCUT2D eigenvalue weighted by atomic mass is 9.97. The van der Waals surface area contributed by atoms with Gasteiger partial charge in [-0.1, -0.05) is 26.8 Å². The lowest BCUT2D eigenvalue weighted by Gasteiger charge is -2.09. The minimum atomic E-state index is 0.583. The molecule has 2 rings (SSSR count). The van der Waals surface area contributed by atoms with E-state index >= 15 is 0 Å². The predicted molar refractivity (Wildman–Crippen MR) is 64.2 cm³/mol. The molecule has 0 atom stereocenters. The van der Waals surface area contributed by atoms with E-state index in [4.69, 9.17) is 0 Å². The van der Waals surface area contributed by atoms with E-state index < -0.39 is 0 Å². The summed E-state index contributed by atoms with van der Waals surface area (Å²) in [5, 5.41) is 5.59. The van der Waals surface area contributed by atoms with Gasteiger partial charge in [0.05, 0.1) is 11.7 Å². The lowest BCUT2D eigenvalue weighted by Crippen LogP contribution is -1.96. The summed E-state index contributed by atoms with van der Waals surface area (Å²) in [6, 6.07) is 4.57. The normalized spacial score (nSPS) is 11.5. The van der Waals surface area contributed by atoms with Crippen LogP contribution in [-0.4, -0.2) is 9.78 Å². The molecule has 0 bridgehead atoms. The van der Waals surface area contributed by atoms with Gasteiger partial charge in [-0.3, -0.25) is 4.68 Å². The summed E-state index contributed by atoms with van der Waals surface area (Å²) in [7, 11) is 2.01. The van der Waals surface area contributed by atoms with Gasteiger partial charge in [-0.05, 0) is 29.5 Å². The maximum Gasteiger partial charge on any atom is 0.0711 e. The van der Waals surface area contributed by atoms with Gasteiger partial charge in [0.15, 0.2) is 0 Å². The molecule has 0 aliphatic carbocycles. The van der Waals surface area contributed by atoms with Crippen LogP contribution in [-0.2, 0) is 13.5 Å². The van der Waals surface area contributed by atoms with Crippen molar-refractivity contribution in [3.05, 3.63) is 29.5 Å². The first-order chi connectivity index (χ1) is 7.13. The van der Waals surface area contributed by atoms with E-state index in [0.29, 0.717) is 5.92 Å². The number of benzene rings is 1. The molecule has 2 nitrogen and oxygen atoms in total. The van der Waals surface area contributed by atoms with Crippen LogP contribution in [0.1, 0.15) is 37.8 Å². The van der Waals surface area contributed by atoms with E-state index in [1.807, 2.05) is 17.9 Å². The Morgan fingerprint density at radius 1 is 1.33 bits per heavy atom. The Labute approximate surface area is 90.9 Å². The smallest absolute Gasteiger partial charge is 0.0711 e. The topological polar surface area (TPSA) is 17.8 Å². The fourth-order valence-corrected chi connectivity index (χ4v) is 2.05. The first kappa shape index (κ1) is 10.2. The first-order valence-corrected chi connectivity index (χ1v) is 5.58. The standard InChI is InChI=1S/C13H18N2/c1-5-10-6-11(9(2)3)7-12-8-14-15(4)13(10)12/h6-9H,5H2,1-4H3. The van der Waals surface area contributed by atoms with Gasteiger partial charge in [-0.15, -0.1) is 0 Å². The van der Waals surface area contributed by atoms with E-state index in [1.54, 1.807) is 0 Å². The molecule has 0 fully saturated rings. The van der Waals surface area contributed by atoms with Crippen LogP contribution in [0, 0.1) is 0 Å². The molecule has 80 valence electrons. The molecule has 1 aromatic heterocycles. The molecule has 2 heteroatoms. The highest BCUT2D eigenvalue weighted by Crippen LogP contribution is 2.25. The second-order valence-corrected chi connectivity index (χ2v) is 4.39. The number of hydrogen-bond donors (Lipinski definition) is 0. The van der Waals surface area contributed by atoms with Crippen LogP contribution >= 0.6 is 0 Å². The van der Waals surface area contributed by atoms with E-state index in [1.165, 1.54) is 22.0 Å². The summed E-state index contributed by atoms with van der Waals surface area (Å²) in [5.74, 6) is 0.583. The largest absolute Gasteiger partial charge is 0.268 e. The zero-order chi connectivity index (χ0) is 11.0. The summed E-state index contributed by atoms with van der Waals surface area (Å²) in [4.78, 5) is 0. The van der Waals surface area contributed by atoms with Crippen molar-refractivity contribution in [3.8, 4) is 0 Å². The Balaban J connectivity index is 2.73. The van der Waals surface area contributed by atoms with E-state index in [9.17, 15) is 0 Å². The Kier molecular flexibility index (Phi) is 2.51. The quantitative estimate of drug-likeness (QED) is 0.731. The highest BCUT2D eigenvalue weighted by atomic mass is 15.2. The van der Waals surface area contributed by atoms with Crippen LogP contribution in [0.5, 0.6) is 0 Å². The van der Waals surface area contributed by atoms with Gasteiger partial charge < -0.3 is 0 Å². The summed E-state index contributed by atoms with van der Waals surface area (Å²) in [6.45, 7) is 6.67. The molecule has 1 aromatic carbocycles. The summed E-state index contributed by atoms with van der Waals surface area (Å²) < 4.78 is 1.97. The number of fused-ring (bicyclic) bond motifs is 1. The van der Waals surface area contributed by atoms with Crippen LogP contribution in [0.3, 0.4) is 0 Å². The third-order valence-electron chi connectivity index (χ3n) is 2.98. The van der Waals surface area contributed by atoms with Gasteiger partial charge in [-0.25, -0.2) is 0 Å². The van der Waals surface area contributed by atoms with Crippen LogP contribution in [0.25, 0.3) is 10.9 Å². The number of aryl methyl sites for hydroxylation is 2. The molecule has 15 heavy (non-hydrogen) atoms. The van der Waals surface area contributed by atoms with Gasteiger partial charge in [0.2, 0.25) is 0 Å². The zero-order valence-electron chi connectivity index (χ0n) is 9.91. The van der Waals surface area contributed by atoms with Crippen LogP contribution < -0.4 is 0 Å². The number of hydrogen-bond acceptors (Lipinski definition) is 1. The van der Waals surface area contributed by atoms with Crippen LogP contribution in [0.2, 0.25) is 0 Å². The second-order valence-electron chi connectivity index (χ2n) is 4.39. The van der Waals surface area contributed by atoms with Gasteiger partial charge >= 0.3 is 0 Å². The summed E-state index contributed by atoms with van der Waals surface area (Å²) >= 11 is 0. The fraction of sp³-hybridized carbons (Fsp3) is 0.462. The highest BCUT2D eigenvalue weighted by Gasteiger charge is 2.08. The molecule has 0 aliphatic heterocycles. The van der Waals surface area contributed by atoms with E-state index in [0.717, 1.165) is 6.42 Å². The molecular formula is C13H18N2. The van der Waals surface area contributed by atoms with Crippen molar-refractivity contribution < 1.29 is 0 Å². The van der Waals surface area contributed by atoms with Crippen LogP contribution in [0.4, 0.5) is 0 Å². The highest BCUT2D eigenvalue weighted by molar-refractivity contribution is 5.83. The monoisotopic (exact) mass is 202 g/mol. The maximum absolute atomic E-state index is 4.32. The Bertz CT molecular complexity index is 480. The molecule has 0 radical (unpaired) electrons. The van der Waals surface area contributed by atoms with E-state index in [-0.39, 0.29) is 0 Å². The molecule has 0 spiro atoms. The number of aromatic nitrogens is 2. The van der Waals surface area contributed by atoms with Crippen molar-refractivity contribution in [2.45, 2.75) is 33.1 Å². The van der Waals surface area contributed by atoms with Crippen LogP contribution in [0.15, 0.2) is 18.3 Å². The zero-order valence-corrected chi connectivity index (χ0v) is 9.91. The van der Waals surface area contributed by atoms with Gasteiger partial charge in [0.25, 0.3) is 0 Å². The molecule has 0 unspecified atom stereocenters. The van der Waals surface area contributed by atoms with Crippen molar-refractivity contribution >= 4 is 10.9 Å². The Morgan fingerprint density at radius 3 is 2.67 bits per heavy atom. The van der Waals surface area contributed by atoms with Crippen molar-refractivity contribution in [1.29, 1.82) is 0 Å². The average Bonchev–Trinajstić information content (AvgIpc) is 2.59. The lowest BCUT2D eigenvalue weighted by molar-refractivity contribution is 0.791. The van der Waals surface area contributed by atoms with Gasteiger partial charge in [0.1, 0.15) is 0 Å². The Hall–Kier alpha value is -1.31. The van der Waals surface area contributed by atoms with E-state index in [2.05, 4.69) is 38.0 Å². The maximum atomic E-state index is 4.32. The molecule has 0 saturated carbocycles. The minimum absolute atomic E-state index is 0.583. The average molecular weight is 202 g/mol. The summed E-state index contributed by atoms with van der Waals surface area (Å²) in [6.07, 6.45) is 3.02. The Morgan fingerprint density at radius 2 is 2.07 bits per heavy atom. The molecule has 0 N–H and O–H groups in total. The first-order valence-electron chi connectivity index (χ1n) is 5.58. The van der Waals surface area contributed by atoms with Gasteiger partial charge in [-0.2, -0.15) is 5.10 Å². The second kappa shape index (κ2) is 3.69. The molecule has 1 heterocycles. The SMILES string of the molecule is CCc1cc(C(C)C)cc2cnn(C)c12. The molecule has 2 aromatic rings. The predicted octanol–water partition coefficient (Wildman–Crippen LogP) is 3.26. The third-order valence-corrected chi connectivity index (χ3v) is 2.98. The van der Waals surface area contributed by atoms with Gasteiger partial charge in [0, 0.05) is 12.4 Å². The minimum Gasteiger partial charge on any atom is -0.268 e. The van der Waals surface area contributed by atoms with Crippen molar-refractivity contribution in [2.75, 3.05) is 0 Å². The van der Waals surface area contributed by atoms with Crippen molar-refractivity contribution in [2.24, 2.45) is 7.05 Å².